The Bertz CT molecular complexity index is 393. The van der Waals surface area contributed by atoms with E-state index in [0.717, 1.165) is 9.99 Å². The minimum atomic E-state index is 1.05. The van der Waals surface area contributed by atoms with E-state index in [1.54, 1.807) is 0 Å². The van der Waals surface area contributed by atoms with Gasteiger partial charge in [0.1, 0.15) is 0 Å². The molecule has 0 saturated carbocycles. The lowest BCUT2D eigenvalue weighted by atomic mass is 10.3. The number of aryl methyl sites for hydroxylation is 1. The van der Waals surface area contributed by atoms with Crippen molar-refractivity contribution in [1.82, 2.24) is 9.61 Å². The van der Waals surface area contributed by atoms with Crippen LogP contribution in [0.25, 0.3) is 5.52 Å². The minimum absolute atomic E-state index is 1.05. The fourth-order valence-corrected chi connectivity index (χ4v) is 1.41. The number of nitrogens with zero attached hydrogens (tertiary/aromatic N) is 2. The molecule has 0 radical (unpaired) electrons. The molecular formula is C10H13BrN2. The molecule has 2 aromatic rings. The van der Waals surface area contributed by atoms with Crippen LogP contribution in [0.5, 0.6) is 0 Å². The average Bonchev–Trinajstić information content (AvgIpc) is 2.51. The van der Waals surface area contributed by atoms with E-state index in [4.69, 9.17) is 0 Å². The zero-order valence-corrected chi connectivity index (χ0v) is 9.67. The zero-order chi connectivity index (χ0) is 9.84. The number of fused-ring (bicyclic) bond motifs is 1. The van der Waals surface area contributed by atoms with Crippen molar-refractivity contribution in [3.63, 3.8) is 0 Å². The molecule has 2 heterocycles. The van der Waals surface area contributed by atoms with Crippen LogP contribution in [0.3, 0.4) is 0 Å². The Hall–Kier alpha value is -0.830. The molecule has 0 aromatic carbocycles. The van der Waals surface area contributed by atoms with Gasteiger partial charge in [-0.2, -0.15) is 5.10 Å². The van der Waals surface area contributed by atoms with Crippen molar-refractivity contribution in [3.8, 4) is 0 Å². The van der Waals surface area contributed by atoms with Crippen molar-refractivity contribution < 1.29 is 0 Å². The first-order chi connectivity index (χ1) is 6.27. The number of pyridine rings is 1. The summed E-state index contributed by atoms with van der Waals surface area (Å²) in [4.78, 5) is 0. The minimum Gasteiger partial charge on any atom is -0.240 e. The summed E-state index contributed by atoms with van der Waals surface area (Å²) in [5.74, 6) is 0. The third-order valence-corrected chi connectivity index (χ3v) is 2.14. The molecule has 0 unspecified atom stereocenters. The summed E-state index contributed by atoms with van der Waals surface area (Å²) in [6.45, 7) is 6.05. The predicted molar refractivity (Wildman–Crippen MR) is 59.0 cm³/mol. The van der Waals surface area contributed by atoms with Crippen LogP contribution in [0.15, 0.2) is 29.0 Å². The molecule has 0 amide bonds. The van der Waals surface area contributed by atoms with Crippen LogP contribution in [-0.4, -0.2) is 9.61 Å². The Morgan fingerprint density at radius 3 is 2.69 bits per heavy atom. The normalized spacial score (nSPS) is 9.54. The van der Waals surface area contributed by atoms with Crippen LogP contribution in [0.1, 0.15) is 19.4 Å². The lowest BCUT2D eigenvalue weighted by Gasteiger charge is -1.93. The zero-order valence-electron chi connectivity index (χ0n) is 8.08. The molecule has 2 nitrogen and oxygen atoms in total. The van der Waals surface area contributed by atoms with Gasteiger partial charge in [0.05, 0.1) is 11.7 Å². The first kappa shape index (κ1) is 10.3. The van der Waals surface area contributed by atoms with Crippen molar-refractivity contribution in [2.45, 2.75) is 20.8 Å². The van der Waals surface area contributed by atoms with Crippen LogP contribution in [0, 0.1) is 6.92 Å². The van der Waals surface area contributed by atoms with Gasteiger partial charge < -0.3 is 0 Å². The fraction of sp³-hybridized carbons (Fsp3) is 0.300. The van der Waals surface area contributed by atoms with Gasteiger partial charge in [0.15, 0.2) is 0 Å². The number of halogens is 1. The van der Waals surface area contributed by atoms with Crippen LogP contribution in [0.4, 0.5) is 0 Å². The van der Waals surface area contributed by atoms with E-state index in [9.17, 15) is 0 Å². The van der Waals surface area contributed by atoms with E-state index in [1.807, 2.05) is 42.9 Å². The van der Waals surface area contributed by atoms with Gasteiger partial charge in [-0.3, -0.25) is 0 Å². The predicted octanol–water partition coefficient (Wildman–Crippen LogP) is 3.43. The number of hydrogen-bond donors (Lipinski definition) is 0. The van der Waals surface area contributed by atoms with Crippen molar-refractivity contribution in [2.24, 2.45) is 0 Å². The third-order valence-electron chi connectivity index (χ3n) is 1.67. The summed E-state index contributed by atoms with van der Waals surface area (Å²) in [7, 11) is 0. The maximum Gasteiger partial charge on any atom is 0.0691 e. The standard InChI is InChI=1S/C8H7BrN2.C2H6/c1-6-4-10-11-5-7(9)2-3-8(6)11;1-2/h2-5H,1H3;1-2H3. The molecule has 0 aliphatic heterocycles. The van der Waals surface area contributed by atoms with E-state index in [2.05, 4.69) is 28.0 Å². The van der Waals surface area contributed by atoms with E-state index in [1.165, 1.54) is 5.56 Å². The van der Waals surface area contributed by atoms with Gasteiger partial charge in [0, 0.05) is 10.7 Å². The van der Waals surface area contributed by atoms with Gasteiger partial charge in [-0.15, -0.1) is 0 Å². The second-order valence-corrected chi connectivity index (χ2v) is 3.42. The lowest BCUT2D eigenvalue weighted by Crippen LogP contribution is -1.84. The molecule has 3 heteroatoms. The van der Waals surface area contributed by atoms with Crippen molar-refractivity contribution in [1.29, 1.82) is 0 Å². The molecule has 0 aliphatic rings. The Balaban J connectivity index is 0.000000396. The van der Waals surface area contributed by atoms with Crippen LogP contribution < -0.4 is 0 Å². The Labute approximate surface area is 86.7 Å². The summed E-state index contributed by atoms with van der Waals surface area (Å²) in [6.07, 6.45) is 3.81. The van der Waals surface area contributed by atoms with Crippen molar-refractivity contribution in [3.05, 3.63) is 34.6 Å². The van der Waals surface area contributed by atoms with E-state index in [-0.39, 0.29) is 0 Å². The summed E-state index contributed by atoms with van der Waals surface area (Å²) >= 11 is 3.38. The quantitative estimate of drug-likeness (QED) is 0.690. The first-order valence-corrected chi connectivity index (χ1v) is 5.16. The largest absolute Gasteiger partial charge is 0.240 e. The monoisotopic (exact) mass is 240 g/mol. The topological polar surface area (TPSA) is 17.3 Å². The molecule has 2 rings (SSSR count). The molecular weight excluding hydrogens is 228 g/mol. The van der Waals surface area contributed by atoms with Gasteiger partial charge in [0.25, 0.3) is 0 Å². The van der Waals surface area contributed by atoms with Gasteiger partial charge >= 0.3 is 0 Å². The Morgan fingerprint density at radius 2 is 2.00 bits per heavy atom. The molecule has 0 spiro atoms. The number of hydrogen-bond acceptors (Lipinski definition) is 1. The Kier molecular flexibility index (Phi) is 3.48. The summed E-state index contributed by atoms with van der Waals surface area (Å²) < 4.78 is 2.91. The van der Waals surface area contributed by atoms with Gasteiger partial charge in [-0.05, 0) is 40.5 Å². The highest BCUT2D eigenvalue weighted by molar-refractivity contribution is 9.10. The maximum atomic E-state index is 4.17. The molecule has 0 atom stereocenters. The van der Waals surface area contributed by atoms with Gasteiger partial charge in [-0.1, -0.05) is 13.8 Å². The average molecular weight is 241 g/mol. The number of rotatable bonds is 0. The van der Waals surface area contributed by atoms with Crippen LogP contribution >= 0.6 is 15.9 Å². The highest BCUT2D eigenvalue weighted by Gasteiger charge is 1.97. The van der Waals surface area contributed by atoms with E-state index < -0.39 is 0 Å². The second kappa shape index (κ2) is 4.42. The highest BCUT2D eigenvalue weighted by Crippen LogP contribution is 2.13. The second-order valence-electron chi connectivity index (χ2n) is 2.50. The molecule has 0 fully saturated rings. The Morgan fingerprint density at radius 1 is 1.31 bits per heavy atom. The van der Waals surface area contributed by atoms with Crippen molar-refractivity contribution >= 4 is 21.4 Å². The molecule has 13 heavy (non-hydrogen) atoms. The van der Waals surface area contributed by atoms with E-state index in [0.29, 0.717) is 0 Å². The fourth-order valence-electron chi connectivity index (χ4n) is 1.09. The first-order valence-electron chi connectivity index (χ1n) is 4.37. The lowest BCUT2D eigenvalue weighted by molar-refractivity contribution is 0.956. The van der Waals surface area contributed by atoms with E-state index >= 15 is 0 Å². The van der Waals surface area contributed by atoms with Crippen molar-refractivity contribution in [2.75, 3.05) is 0 Å². The molecule has 0 saturated heterocycles. The van der Waals surface area contributed by atoms with Crippen LogP contribution in [-0.2, 0) is 0 Å². The molecule has 70 valence electrons. The molecule has 0 N–H and O–H groups in total. The summed E-state index contributed by atoms with van der Waals surface area (Å²) in [5, 5.41) is 4.17. The molecule has 0 bridgehead atoms. The smallest absolute Gasteiger partial charge is 0.0691 e. The molecule has 0 aliphatic carbocycles. The SMILES string of the molecule is CC.Cc1cnn2cc(Br)ccc12. The molecule has 2 aromatic heterocycles. The number of aromatic nitrogens is 2. The maximum absolute atomic E-state index is 4.17. The summed E-state index contributed by atoms with van der Waals surface area (Å²) in [6, 6.07) is 4.07. The highest BCUT2D eigenvalue weighted by atomic mass is 79.9. The van der Waals surface area contributed by atoms with Crippen LogP contribution in [0.2, 0.25) is 0 Å². The summed E-state index contributed by atoms with van der Waals surface area (Å²) in [5.41, 5.74) is 2.37. The van der Waals surface area contributed by atoms with Gasteiger partial charge in [-0.25, -0.2) is 4.52 Å². The third kappa shape index (κ3) is 2.10. The van der Waals surface area contributed by atoms with Gasteiger partial charge in [0.2, 0.25) is 0 Å².